The fourth-order valence-electron chi connectivity index (χ4n) is 5.95. The number of hydrogen-bond acceptors (Lipinski definition) is 4. The molecule has 3 heterocycles. The number of likely N-dealkylation sites (tertiary alicyclic amines) is 1. The van der Waals surface area contributed by atoms with Crippen molar-refractivity contribution in [1.29, 1.82) is 0 Å². The summed E-state index contributed by atoms with van der Waals surface area (Å²) in [6, 6.07) is 7.54. The minimum atomic E-state index is -0.209. The van der Waals surface area contributed by atoms with Gasteiger partial charge in [0.1, 0.15) is 5.82 Å². The number of benzene rings is 1. The Morgan fingerprint density at radius 2 is 1.78 bits per heavy atom. The maximum Gasteiger partial charge on any atom is 0.123 e. The van der Waals surface area contributed by atoms with E-state index in [1.54, 1.807) is 0 Å². The molecule has 174 valence electrons. The summed E-state index contributed by atoms with van der Waals surface area (Å²) >= 11 is 0. The fourth-order valence-corrected chi connectivity index (χ4v) is 5.95. The number of H-pyrrole nitrogens is 1. The third kappa shape index (κ3) is 5.41. The van der Waals surface area contributed by atoms with Crippen molar-refractivity contribution in [2.45, 2.75) is 70.1 Å². The lowest BCUT2D eigenvalue weighted by molar-refractivity contribution is 0.0540. The first kappa shape index (κ1) is 22.1. The zero-order valence-electron chi connectivity index (χ0n) is 19.1. The lowest BCUT2D eigenvalue weighted by Crippen LogP contribution is -2.43. The minimum Gasteiger partial charge on any atom is -0.377 e. The standard InChI is InChI=1S/C26H37FN4O/c27-23-9-7-21(8-10-23)26-22(16-28-29-26)18-30(19-25-6-3-15-32-25)17-20-11-13-31(14-12-20)24-4-1-2-5-24/h7-10,16,20,24-25H,1-6,11-15,17-19H2,(H,28,29)/t25-/m0/s1. The molecule has 5 nitrogen and oxygen atoms in total. The average molecular weight is 441 g/mol. The van der Waals surface area contributed by atoms with Gasteiger partial charge in [-0.05, 0) is 81.8 Å². The average Bonchev–Trinajstić information content (AvgIpc) is 3.58. The van der Waals surface area contributed by atoms with Crippen LogP contribution in [0.25, 0.3) is 11.3 Å². The topological polar surface area (TPSA) is 44.4 Å². The molecule has 0 bridgehead atoms. The van der Waals surface area contributed by atoms with Gasteiger partial charge in [-0.2, -0.15) is 5.10 Å². The maximum absolute atomic E-state index is 13.4. The van der Waals surface area contributed by atoms with E-state index in [0.717, 1.165) is 55.9 Å². The van der Waals surface area contributed by atoms with Crippen LogP contribution in [0, 0.1) is 11.7 Å². The quantitative estimate of drug-likeness (QED) is 0.637. The monoisotopic (exact) mass is 440 g/mol. The van der Waals surface area contributed by atoms with E-state index in [2.05, 4.69) is 20.0 Å². The van der Waals surface area contributed by atoms with Crippen molar-refractivity contribution in [3.8, 4) is 11.3 Å². The van der Waals surface area contributed by atoms with Gasteiger partial charge in [0.05, 0.1) is 18.0 Å². The van der Waals surface area contributed by atoms with Gasteiger partial charge in [-0.15, -0.1) is 0 Å². The highest BCUT2D eigenvalue weighted by atomic mass is 19.1. The van der Waals surface area contributed by atoms with Crippen LogP contribution in [-0.2, 0) is 11.3 Å². The summed E-state index contributed by atoms with van der Waals surface area (Å²) in [7, 11) is 0. The van der Waals surface area contributed by atoms with Crippen molar-refractivity contribution in [3.63, 3.8) is 0 Å². The summed E-state index contributed by atoms with van der Waals surface area (Å²) in [5, 5.41) is 7.47. The molecule has 32 heavy (non-hydrogen) atoms. The lowest BCUT2D eigenvalue weighted by atomic mass is 9.94. The molecule has 0 radical (unpaired) electrons. The van der Waals surface area contributed by atoms with Gasteiger partial charge in [0.15, 0.2) is 0 Å². The van der Waals surface area contributed by atoms with E-state index >= 15 is 0 Å². The highest BCUT2D eigenvalue weighted by Crippen LogP contribution is 2.29. The summed E-state index contributed by atoms with van der Waals surface area (Å²) in [4.78, 5) is 5.35. The van der Waals surface area contributed by atoms with Crippen molar-refractivity contribution in [2.75, 3.05) is 32.8 Å². The Bertz CT molecular complexity index is 834. The Labute approximate surface area is 191 Å². The number of aromatic nitrogens is 2. The number of ether oxygens (including phenoxy) is 1. The first-order chi connectivity index (χ1) is 15.7. The molecule has 2 aromatic rings. The molecule has 0 spiro atoms. The number of aromatic amines is 1. The maximum atomic E-state index is 13.4. The Morgan fingerprint density at radius 1 is 1.00 bits per heavy atom. The Balaban J connectivity index is 1.24. The van der Waals surface area contributed by atoms with Gasteiger partial charge in [0, 0.05) is 43.4 Å². The number of nitrogens with one attached hydrogen (secondary N) is 1. The summed E-state index contributed by atoms with van der Waals surface area (Å²) < 4.78 is 19.4. The number of hydrogen-bond donors (Lipinski definition) is 1. The number of rotatable bonds is 8. The van der Waals surface area contributed by atoms with Crippen LogP contribution in [0.1, 0.15) is 56.9 Å². The van der Waals surface area contributed by atoms with Crippen molar-refractivity contribution in [2.24, 2.45) is 5.92 Å². The van der Waals surface area contributed by atoms with E-state index in [0.29, 0.717) is 6.10 Å². The van der Waals surface area contributed by atoms with Gasteiger partial charge < -0.3 is 9.64 Å². The second-order valence-electron chi connectivity index (χ2n) is 10.0. The molecule has 5 rings (SSSR count). The van der Waals surface area contributed by atoms with Crippen LogP contribution < -0.4 is 0 Å². The number of piperidine rings is 1. The minimum absolute atomic E-state index is 0.209. The van der Waals surface area contributed by atoms with Crippen molar-refractivity contribution in [3.05, 3.63) is 41.8 Å². The molecular weight excluding hydrogens is 403 g/mol. The second-order valence-corrected chi connectivity index (χ2v) is 10.0. The molecule has 1 aliphatic carbocycles. The number of nitrogens with zero attached hydrogens (tertiary/aromatic N) is 3. The van der Waals surface area contributed by atoms with Gasteiger partial charge in [0.2, 0.25) is 0 Å². The molecular formula is C26H37FN4O. The molecule has 1 N–H and O–H groups in total. The van der Waals surface area contributed by atoms with Crippen LogP contribution in [0.5, 0.6) is 0 Å². The third-order valence-electron chi connectivity index (χ3n) is 7.74. The zero-order valence-corrected chi connectivity index (χ0v) is 19.1. The molecule has 3 aliphatic rings. The van der Waals surface area contributed by atoms with E-state index in [1.807, 2.05) is 18.3 Å². The van der Waals surface area contributed by atoms with Gasteiger partial charge >= 0.3 is 0 Å². The summed E-state index contributed by atoms with van der Waals surface area (Å²) in [6.07, 6.45) is 12.9. The van der Waals surface area contributed by atoms with E-state index < -0.39 is 0 Å². The van der Waals surface area contributed by atoms with E-state index in [-0.39, 0.29) is 5.82 Å². The van der Waals surface area contributed by atoms with Gasteiger partial charge in [0.25, 0.3) is 0 Å². The van der Waals surface area contributed by atoms with Gasteiger partial charge in [-0.3, -0.25) is 10.00 Å². The zero-order chi connectivity index (χ0) is 21.8. The fraction of sp³-hybridized carbons (Fsp3) is 0.654. The van der Waals surface area contributed by atoms with E-state index in [4.69, 9.17) is 4.74 Å². The third-order valence-corrected chi connectivity index (χ3v) is 7.74. The Hall–Kier alpha value is -1.76. The molecule has 2 saturated heterocycles. The smallest absolute Gasteiger partial charge is 0.123 e. The molecule has 0 amide bonds. The van der Waals surface area contributed by atoms with Crippen molar-refractivity contribution < 1.29 is 9.13 Å². The van der Waals surface area contributed by atoms with Crippen LogP contribution in [0.15, 0.2) is 30.5 Å². The van der Waals surface area contributed by atoms with Crippen LogP contribution in [-0.4, -0.2) is 64.9 Å². The summed E-state index contributed by atoms with van der Waals surface area (Å²) in [5.41, 5.74) is 3.16. The molecule has 2 aliphatic heterocycles. The number of halogens is 1. The normalized spacial score (nSPS) is 23.5. The Kier molecular flexibility index (Phi) is 7.20. The van der Waals surface area contributed by atoms with Crippen molar-refractivity contribution >= 4 is 0 Å². The van der Waals surface area contributed by atoms with Crippen LogP contribution >= 0.6 is 0 Å². The van der Waals surface area contributed by atoms with Gasteiger partial charge in [-0.1, -0.05) is 12.8 Å². The highest BCUT2D eigenvalue weighted by Gasteiger charge is 2.29. The highest BCUT2D eigenvalue weighted by molar-refractivity contribution is 5.62. The largest absolute Gasteiger partial charge is 0.377 e. The molecule has 1 aromatic heterocycles. The van der Waals surface area contributed by atoms with E-state index in [9.17, 15) is 4.39 Å². The molecule has 1 aromatic carbocycles. The SMILES string of the molecule is Fc1ccc(-c2[nH]ncc2CN(CC2CCN(C3CCCC3)CC2)C[C@@H]2CCCO2)cc1. The first-order valence-electron chi connectivity index (χ1n) is 12.6. The molecule has 1 atom stereocenters. The summed E-state index contributed by atoms with van der Waals surface area (Å²) in [6.45, 7) is 6.37. The Morgan fingerprint density at radius 3 is 2.50 bits per heavy atom. The summed E-state index contributed by atoms with van der Waals surface area (Å²) in [5.74, 6) is 0.536. The predicted molar refractivity (Wildman–Crippen MR) is 125 cm³/mol. The predicted octanol–water partition coefficient (Wildman–Crippen LogP) is 4.85. The van der Waals surface area contributed by atoms with Crippen LogP contribution in [0.4, 0.5) is 4.39 Å². The van der Waals surface area contributed by atoms with Crippen molar-refractivity contribution in [1.82, 2.24) is 20.0 Å². The first-order valence-corrected chi connectivity index (χ1v) is 12.6. The lowest BCUT2D eigenvalue weighted by Gasteiger charge is -2.38. The second kappa shape index (κ2) is 10.4. The molecule has 6 heteroatoms. The van der Waals surface area contributed by atoms with Gasteiger partial charge in [-0.25, -0.2) is 4.39 Å². The van der Waals surface area contributed by atoms with Crippen LogP contribution in [0.3, 0.4) is 0 Å². The molecule has 3 fully saturated rings. The molecule has 1 saturated carbocycles. The van der Waals surface area contributed by atoms with E-state index in [1.165, 1.54) is 75.7 Å². The molecule has 0 unspecified atom stereocenters. The van der Waals surface area contributed by atoms with Crippen LogP contribution in [0.2, 0.25) is 0 Å².